The average Bonchev–Trinajstić information content (AvgIpc) is 2.23. The van der Waals surface area contributed by atoms with E-state index in [4.69, 9.17) is 0 Å². The van der Waals surface area contributed by atoms with Crippen molar-refractivity contribution < 1.29 is 18.4 Å². The van der Waals surface area contributed by atoms with Crippen LogP contribution < -0.4 is 11.2 Å². The van der Waals surface area contributed by atoms with Gasteiger partial charge in [-0.2, -0.15) is 5.10 Å². The standard InChI is InChI=1S/C9H7F2N3O2/c10-6-2-1-5(3-7(6)11)4-13-14-9(16)8(12)15/h1-4H,(H2,12,15)(H,14,16)/b13-4+. The molecule has 16 heavy (non-hydrogen) atoms. The number of carbonyl (C=O) groups is 2. The van der Waals surface area contributed by atoms with Crippen LogP contribution in [0.4, 0.5) is 8.78 Å². The number of hydrogen-bond donors (Lipinski definition) is 2. The summed E-state index contributed by atoms with van der Waals surface area (Å²) < 4.78 is 25.2. The molecule has 0 bridgehead atoms. The number of nitrogens with one attached hydrogen (secondary N) is 1. The van der Waals surface area contributed by atoms with Crippen LogP contribution in [-0.4, -0.2) is 18.0 Å². The van der Waals surface area contributed by atoms with E-state index in [0.717, 1.165) is 18.3 Å². The number of primary amides is 1. The molecule has 1 rings (SSSR count). The molecule has 2 amide bonds. The minimum Gasteiger partial charge on any atom is -0.361 e. The van der Waals surface area contributed by atoms with Gasteiger partial charge < -0.3 is 5.73 Å². The maximum Gasteiger partial charge on any atom is 0.329 e. The smallest absolute Gasteiger partial charge is 0.329 e. The summed E-state index contributed by atoms with van der Waals surface area (Å²) in [6, 6.07) is 3.04. The van der Waals surface area contributed by atoms with Crippen molar-refractivity contribution in [3.8, 4) is 0 Å². The van der Waals surface area contributed by atoms with Crippen LogP contribution in [0.15, 0.2) is 23.3 Å². The molecule has 0 aliphatic carbocycles. The first-order chi connectivity index (χ1) is 7.50. The summed E-state index contributed by atoms with van der Waals surface area (Å²) in [4.78, 5) is 20.9. The van der Waals surface area contributed by atoms with E-state index in [1.807, 2.05) is 0 Å². The predicted molar refractivity (Wildman–Crippen MR) is 51.3 cm³/mol. The normalized spacial score (nSPS) is 10.4. The van der Waals surface area contributed by atoms with E-state index in [-0.39, 0.29) is 5.56 Å². The molecule has 0 unspecified atom stereocenters. The molecule has 0 atom stereocenters. The molecular weight excluding hydrogens is 220 g/mol. The molecule has 0 saturated carbocycles. The number of nitrogens with two attached hydrogens (primary N) is 1. The molecule has 0 aliphatic rings. The predicted octanol–water partition coefficient (Wildman–Crippen LogP) is -0.0998. The van der Waals surface area contributed by atoms with Gasteiger partial charge in [-0.05, 0) is 17.7 Å². The average molecular weight is 227 g/mol. The van der Waals surface area contributed by atoms with Gasteiger partial charge >= 0.3 is 11.8 Å². The second-order valence-corrected chi connectivity index (χ2v) is 2.74. The van der Waals surface area contributed by atoms with Crippen molar-refractivity contribution in [3.63, 3.8) is 0 Å². The Hall–Kier alpha value is -2.31. The SMILES string of the molecule is NC(=O)C(=O)N/N=C/c1ccc(F)c(F)c1. The molecule has 5 nitrogen and oxygen atoms in total. The molecule has 0 spiro atoms. The largest absolute Gasteiger partial charge is 0.361 e. The number of hydrazone groups is 1. The third kappa shape index (κ3) is 3.12. The molecule has 7 heteroatoms. The lowest BCUT2D eigenvalue weighted by Crippen LogP contribution is -2.32. The molecule has 0 saturated heterocycles. The van der Waals surface area contributed by atoms with Crippen molar-refractivity contribution in [1.82, 2.24) is 5.43 Å². The van der Waals surface area contributed by atoms with E-state index in [1.165, 1.54) is 6.07 Å². The minimum atomic E-state index is -1.19. The number of halogens is 2. The van der Waals surface area contributed by atoms with Gasteiger partial charge in [-0.1, -0.05) is 6.07 Å². The molecule has 0 heterocycles. The maximum atomic E-state index is 12.7. The summed E-state index contributed by atoms with van der Waals surface area (Å²) >= 11 is 0. The van der Waals surface area contributed by atoms with Gasteiger partial charge in [0.15, 0.2) is 11.6 Å². The molecule has 1 aromatic rings. The highest BCUT2D eigenvalue weighted by atomic mass is 19.2. The van der Waals surface area contributed by atoms with Crippen molar-refractivity contribution in [1.29, 1.82) is 0 Å². The molecule has 0 aromatic heterocycles. The number of carbonyl (C=O) groups excluding carboxylic acids is 2. The molecular formula is C9H7F2N3O2. The van der Waals surface area contributed by atoms with E-state index in [0.29, 0.717) is 0 Å². The van der Waals surface area contributed by atoms with E-state index in [1.54, 1.807) is 5.43 Å². The highest BCUT2D eigenvalue weighted by Crippen LogP contribution is 2.06. The van der Waals surface area contributed by atoms with E-state index in [2.05, 4.69) is 10.8 Å². The Bertz CT molecular complexity index is 460. The zero-order valence-electron chi connectivity index (χ0n) is 7.91. The Morgan fingerprint density at radius 1 is 1.31 bits per heavy atom. The lowest BCUT2D eigenvalue weighted by molar-refractivity contribution is -0.137. The summed E-state index contributed by atoms with van der Waals surface area (Å²) in [7, 11) is 0. The Labute approximate surface area is 88.9 Å². The Morgan fingerprint density at radius 3 is 2.56 bits per heavy atom. The molecule has 1 aromatic carbocycles. The van der Waals surface area contributed by atoms with Gasteiger partial charge in [0.05, 0.1) is 6.21 Å². The summed E-state index contributed by atoms with van der Waals surface area (Å²) in [6.45, 7) is 0. The van der Waals surface area contributed by atoms with Crippen molar-refractivity contribution in [2.24, 2.45) is 10.8 Å². The minimum absolute atomic E-state index is 0.226. The van der Waals surface area contributed by atoms with E-state index >= 15 is 0 Å². The fraction of sp³-hybridized carbons (Fsp3) is 0. The van der Waals surface area contributed by atoms with Crippen LogP contribution in [-0.2, 0) is 9.59 Å². The number of hydrogen-bond acceptors (Lipinski definition) is 3. The Kier molecular flexibility index (Phi) is 3.65. The zero-order valence-corrected chi connectivity index (χ0v) is 7.91. The third-order valence-corrected chi connectivity index (χ3v) is 1.55. The van der Waals surface area contributed by atoms with Crippen molar-refractivity contribution in [2.45, 2.75) is 0 Å². The highest BCUT2D eigenvalue weighted by Gasteiger charge is 2.05. The van der Waals surface area contributed by atoms with E-state index in [9.17, 15) is 18.4 Å². The fourth-order valence-electron chi connectivity index (χ4n) is 0.813. The Morgan fingerprint density at radius 2 is 2.00 bits per heavy atom. The Balaban J connectivity index is 2.66. The van der Waals surface area contributed by atoms with Gasteiger partial charge in [-0.15, -0.1) is 0 Å². The molecule has 0 radical (unpaired) electrons. The van der Waals surface area contributed by atoms with Gasteiger partial charge in [0.1, 0.15) is 0 Å². The van der Waals surface area contributed by atoms with Crippen LogP contribution in [0.25, 0.3) is 0 Å². The topological polar surface area (TPSA) is 84.5 Å². The molecule has 0 aliphatic heterocycles. The summed E-state index contributed by atoms with van der Waals surface area (Å²) in [6.07, 6.45) is 1.04. The number of amides is 2. The second kappa shape index (κ2) is 4.96. The second-order valence-electron chi connectivity index (χ2n) is 2.74. The summed E-state index contributed by atoms with van der Waals surface area (Å²) in [5.74, 6) is -4.32. The van der Waals surface area contributed by atoms with Crippen LogP contribution in [0.2, 0.25) is 0 Å². The van der Waals surface area contributed by atoms with Crippen LogP contribution in [0, 0.1) is 11.6 Å². The summed E-state index contributed by atoms with van der Waals surface area (Å²) in [5.41, 5.74) is 6.66. The molecule has 84 valence electrons. The van der Waals surface area contributed by atoms with Gasteiger partial charge in [0, 0.05) is 0 Å². The lowest BCUT2D eigenvalue weighted by atomic mass is 10.2. The van der Waals surface area contributed by atoms with Gasteiger partial charge in [0.25, 0.3) is 0 Å². The van der Waals surface area contributed by atoms with Crippen LogP contribution in [0.5, 0.6) is 0 Å². The first-order valence-electron chi connectivity index (χ1n) is 4.08. The number of rotatable bonds is 2. The third-order valence-electron chi connectivity index (χ3n) is 1.55. The van der Waals surface area contributed by atoms with Crippen LogP contribution in [0.1, 0.15) is 5.56 Å². The van der Waals surface area contributed by atoms with Gasteiger partial charge in [0.2, 0.25) is 0 Å². The quantitative estimate of drug-likeness (QED) is 0.420. The van der Waals surface area contributed by atoms with Crippen LogP contribution >= 0.6 is 0 Å². The number of benzene rings is 1. The van der Waals surface area contributed by atoms with Gasteiger partial charge in [-0.25, -0.2) is 14.2 Å². The van der Waals surface area contributed by atoms with E-state index < -0.39 is 23.4 Å². The molecule has 0 fully saturated rings. The monoisotopic (exact) mass is 227 g/mol. The lowest BCUT2D eigenvalue weighted by Gasteiger charge is -1.95. The molecule has 3 N–H and O–H groups in total. The summed E-state index contributed by atoms with van der Waals surface area (Å²) in [5, 5.41) is 3.32. The van der Waals surface area contributed by atoms with Crippen molar-refractivity contribution in [3.05, 3.63) is 35.4 Å². The fourth-order valence-corrected chi connectivity index (χ4v) is 0.813. The van der Waals surface area contributed by atoms with Crippen LogP contribution in [0.3, 0.4) is 0 Å². The van der Waals surface area contributed by atoms with Crippen molar-refractivity contribution >= 4 is 18.0 Å². The zero-order chi connectivity index (χ0) is 12.1. The van der Waals surface area contributed by atoms with Crippen molar-refractivity contribution in [2.75, 3.05) is 0 Å². The number of nitrogens with zero attached hydrogens (tertiary/aromatic N) is 1. The first-order valence-corrected chi connectivity index (χ1v) is 4.08. The van der Waals surface area contributed by atoms with Gasteiger partial charge in [-0.3, -0.25) is 9.59 Å². The first kappa shape index (κ1) is 11.8. The maximum absolute atomic E-state index is 12.7. The highest BCUT2D eigenvalue weighted by molar-refractivity contribution is 6.34.